The lowest BCUT2D eigenvalue weighted by atomic mass is 9.98. The van der Waals surface area contributed by atoms with Crippen LogP contribution in [0.15, 0.2) is 22.7 Å². The number of benzene rings is 1. The molecule has 1 aromatic rings. The molecule has 17 heavy (non-hydrogen) atoms. The van der Waals surface area contributed by atoms with Gasteiger partial charge in [0, 0.05) is 10.0 Å². The Bertz CT molecular complexity index is 532. The maximum atomic E-state index is 13.7. The molecule has 0 aromatic heterocycles. The van der Waals surface area contributed by atoms with Crippen molar-refractivity contribution in [3.8, 4) is 0 Å². The van der Waals surface area contributed by atoms with E-state index in [1.807, 2.05) is 0 Å². The fourth-order valence-electron chi connectivity index (χ4n) is 2.03. The van der Waals surface area contributed by atoms with Crippen LogP contribution in [0.25, 0.3) is 0 Å². The van der Waals surface area contributed by atoms with E-state index < -0.39 is 21.0 Å². The van der Waals surface area contributed by atoms with Crippen molar-refractivity contribution in [3.05, 3.63) is 34.1 Å². The zero-order chi connectivity index (χ0) is 12.6. The summed E-state index contributed by atoms with van der Waals surface area (Å²) in [4.78, 5) is 0. The van der Waals surface area contributed by atoms with Gasteiger partial charge in [-0.3, -0.25) is 0 Å². The molecular weight excluding hydrogens is 331 g/mol. The average Bonchev–Trinajstić information content (AvgIpc) is 2.58. The lowest BCUT2D eigenvalue weighted by Gasteiger charge is -2.16. The van der Waals surface area contributed by atoms with E-state index in [0.717, 1.165) is 0 Å². The van der Waals surface area contributed by atoms with Crippen LogP contribution in [-0.4, -0.2) is 19.9 Å². The SMILES string of the molecule is O=S1(=O)CCC(C(Cl)c2ccc(Br)cc2F)C1. The second kappa shape index (κ2) is 4.86. The Labute approximate surface area is 113 Å². The lowest BCUT2D eigenvalue weighted by molar-refractivity contribution is 0.535. The molecule has 2 atom stereocenters. The molecule has 2 nitrogen and oxygen atoms in total. The molecule has 0 aliphatic carbocycles. The van der Waals surface area contributed by atoms with Gasteiger partial charge in [-0.15, -0.1) is 11.6 Å². The van der Waals surface area contributed by atoms with Gasteiger partial charge in [0.15, 0.2) is 9.84 Å². The highest BCUT2D eigenvalue weighted by molar-refractivity contribution is 9.10. The van der Waals surface area contributed by atoms with Crippen molar-refractivity contribution < 1.29 is 12.8 Å². The van der Waals surface area contributed by atoms with Gasteiger partial charge < -0.3 is 0 Å². The third-order valence-corrected chi connectivity index (χ3v) is 5.82. The van der Waals surface area contributed by atoms with Gasteiger partial charge in [0.1, 0.15) is 5.82 Å². The number of hydrogen-bond donors (Lipinski definition) is 0. The third-order valence-electron chi connectivity index (χ3n) is 2.94. The minimum atomic E-state index is -2.99. The monoisotopic (exact) mass is 340 g/mol. The summed E-state index contributed by atoms with van der Waals surface area (Å²) in [6.07, 6.45) is 0.506. The van der Waals surface area contributed by atoms with Crippen LogP contribution in [0.4, 0.5) is 4.39 Å². The average molecular weight is 342 g/mol. The lowest BCUT2D eigenvalue weighted by Crippen LogP contribution is -2.11. The molecule has 1 aromatic carbocycles. The summed E-state index contributed by atoms with van der Waals surface area (Å²) < 4.78 is 37.0. The summed E-state index contributed by atoms with van der Waals surface area (Å²) in [6.45, 7) is 0. The molecule has 1 aliphatic heterocycles. The molecule has 0 amide bonds. The maximum absolute atomic E-state index is 13.7. The van der Waals surface area contributed by atoms with Gasteiger partial charge in [-0.05, 0) is 24.5 Å². The van der Waals surface area contributed by atoms with E-state index >= 15 is 0 Å². The molecule has 0 spiro atoms. The van der Waals surface area contributed by atoms with E-state index in [9.17, 15) is 12.8 Å². The summed E-state index contributed by atoms with van der Waals surface area (Å²) in [5.41, 5.74) is 0.372. The Morgan fingerprint density at radius 3 is 2.71 bits per heavy atom. The van der Waals surface area contributed by atoms with Crippen LogP contribution in [0.1, 0.15) is 17.4 Å². The quantitative estimate of drug-likeness (QED) is 0.774. The molecule has 0 saturated carbocycles. The first-order valence-electron chi connectivity index (χ1n) is 5.18. The number of rotatable bonds is 2. The molecule has 2 rings (SSSR count). The van der Waals surface area contributed by atoms with Gasteiger partial charge in [-0.25, -0.2) is 12.8 Å². The van der Waals surface area contributed by atoms with Gasteiger partial charge in [-0.2, -0.15) is 0 Å². The number of halogens is 3. The zero-order valence-electron chi connectivity index (χ0n) is 8.87. The molecule has 1 saturated heterocycles. The summed E-state index contributed by atoms with van der Waals surface area (Å²) >= 11 is 9.35. The van der Waals surface area contributed by atoms with Crippen molar-refractivity contribution in [1.82, 2.24) is 0 Å². The predicted octanol–water partition coefficient (Wildman–Crippen LogP) is 3.30. The molecule has 0 bridgehead atoms. The van der Waals surface area contributed by atoms with Gasteiger partial charge in [0.05, 0.1) is 16.9 Å². The second-order valence-corrected chi connectivity index (χ2v) is 7.85. The predicted molar refractivity (Wildman–Crippen MR) is 69.5 cm³/mol. The molecule has 6 heteroatoms. The minimum absolute atomic E-state index is 0.0523. The largest absolute Gasteiger partial charge is 0.229 e. The fraction of sp³-hybridized carbons (Fsp3) is 0.455. The Balaban J connectivity index is 2.23. The van der Waals surface area contributed by atoms with Crippen molar-refractivity contribution in [2.45, 2.75) is 11.8 Å². The molecule has 2 unspecified atom stereocenters. The fourth-order valence-corrected chi connectivity index (χ4v) is 4.70. The number of hydrogen-bond acceptors (Lipinski definition) is 2. The topological polar surface area (TPSA) is 34.1 Å². The van der Waals surface area contributed by atoms with Crippen LogP contribution in [-0.2, 0) is 9.84 Å². The van der Waals surface area contributed by atoms with Crippen LogP contribution in [0, 0.1) is 11.7 Å². The van der Waals surface area contributed by atoms with E-state index in [-0.39, 0.29) is 17.4 Å². The number of alkyl halides is 1. The normalized spacial score (nSPS) is 24.8. The highest BCUT2D eigenvalue weighted by Gasteiger charge is 2.34. The Hall–Kier alpha value is -0.130. The van der Waals surface area contributed by atoms with E-state index in [4.69, 9.17) is 11.6 Å². The van der Waals surface area contributed by atoms with Crippen molar-refractivity contribution in [2.24, 2.45) is 5.92 Å². The zero-order valence-corrected chi connectivity index (χ0v) is 12.0. The summed E-state index contributed by atoms with van der Waals surface area (Å²) in [7, 11) is -2.99. The Morgan fingerprint density at radius 2 is 2.18 bits per heavy atom. The Morgan fingerprint density at radius 1 is 1.47 bits per heavy atom. The van der Waals surface area contributed by atoms with Crippen molar-refractivity contribution in [3.63, 3.8) is 0 Å². The highest BCUT2D eigenvalue weighted by atomic mass is 79.9. The summed E-state index contributed by atoms with van der Waals surface area (Å²) in [5.74, 6) is -0.392. The van der Waals surface area contributed by atoms with E-state index in [2.05, 4.69) is 15.9 Å². The van der Waals surface area contributed by atoms with Crippen molar-refractivity contribution >= 4 is 37.4 Å². The number of sulfone groups is 1. The van der Waals surface area contributed by atoms with Crippen LogP contribution >= 0.6 is 27.5 Å². The molecular formula is C11H11BrClFO2S. The molecule has 1 heterocycles. The molecule has 94 valence electrons. The van der Waals surface area contributed by atoms with Crippen LogP contribution in [0.5, 0.6) is 0 Å². The summed E-state index contributed by atoms with van der Waals surface area (Å²) in [6, 6.07) is 4.65. The molecule has 0 N–H and O–H groups in total. The van der Waals surface area contributed by atoms with Crippen LogP contribution in [0.3, 0.4) is 0 Å². The van der Waals surface area contributed by atoms with Crippen LogP contribution in [0.2, 0.25) is 0 Å². The minimum Gasteiger partial charge on any atom is -0.229 e. The second-order valence-electron chi connectivity index (χ2n) is 4.23. The van der Waals surface area contributed by atoms with Gasteiger partial charge in [0.25, 0.3) is 0 Å². The maximum Gasteiger partial charge on any atom is 0.150 e. The van der Waals surface area contributed by atoms with Gasteiger partial charge >= 0.3 is 0 Å². The van der Waals surface area contributed by atoms with Gasteiger partial charge in [0.2, 0.25) is 0 Å². The highest BCUT2D eigenvalue weighted by Crippen LogP contribution is 2.37. The first kappa shape index (κ1) is 13.3. The Kier molecular flexibility index (Phi) is 3.80. The standard InChI is InChI=1S/C11H11BrClFO2S/c12-8-1-2-9(10(14)5-8)11(13)7-3-4-17(15,16)6-7/h1-2,5,7,11H,3-4,6H2. The first-order valence-corrected chi connectivity index (χ1v) is 8.23. The van der Waals surface area contributed by atoms with E-state index in [1.54, 1.807) is 12.1 Å². The molecule has 0 radical (unpaired) electrons. The third kappa shape index (κ3) is 3.01. The van der Waals surface area contributed by atoms with Crippen molar-refractivity contribution in [2.75, 3.05) is 11.5 Å². The first-order chi connectivity index (χ1) is 7.89. The summed E-state index contributed by atoms with van der Waals surface area (Å²) in [5, 5.41) is -0.583. The van der Waals surface area contributed by atoms with E-state index in [1.165, 1.54) is 6.07 Å². The van der Waals surface area contributed by atoms with Crippen molar-refractivity contribution in [1.29, 1.82) is 0 Å². The van der Waals surface area contributed by atoms with E-state index in [0.29, 0.717) is 16.5 Å². The smallest absolute Gasteiger partial charge is 0.150 e. The molecule has 1 aliphatic rings. The molecule has 1 fully saturated rings. The van der Waals surface area contributed by atoms with Gasteiger partial charge in [-0.1, -0.05) is 22.0 Å². The van der Waals surface area contributed by atoms with Crippen LogP contribution < -0.4 is 0 Å².